The lowest BCUT2D eigenvalue weighted by atomic mass is 10.3. The van der Waals surface area contributed by atoms with Gasteiger partial charge in [0.05, 0.1) is 17.0 Å². The second kappa shape index (κ2) is 4.62. The summed E-state index contributed by atoms with van der Waals surface area (Å²) in [7, 11) is 0. The van der Waals surface area contributed by atoms with Crippen molar-refractivity contribution in [2.75, 3.05) is 0 Å². The van der Waals surface area contributed by atoms with Crippen LogP contribution in [-0.4, -0.2) is 19.7 Å². The number of pyridine rings is 1. The molecule has 2 heterocycles. The van der Waals surface area contributed by atoms with E-state index in [1.165, 1.54) is 4.68 Å². The molecule has 2 aromatic rings. The fourth-order valence-electron chi connectivity index (χ4n) is 1.45. The summed E-state index contributed by atoms with van der Waals surface area (Å²) in [6.07, 6.45) is 1.57. The molecule has 0 atom stereocenters. The van der Waals surface area contributed by atoms with Crippen LogP contribution in [0.1, 0.15) is 11.4 Å². The molecule has 0 saturated carbocycles. The zero-order valence-electron chi connectivity index (χ0n) is 9.00. The molecule has 2 rings (SSSR count). The van der Waals surface area contributed by atoms with Gasteiger partial charge in [0.2, 0.25) is 0 Å². The number of hydrogen-bond acceptors (Lipinski definition) is 4. The van der Waals surface area contributed by atoms with Crippen molar-refractivity contribution in [1.82, 2.24) is 14.8 Å². The molecule has 0 bridgehead atoms. The maximum atomic E-state index is 10.6. The van der Waals surface area contributed by atoms with Crippen molar-refractivity contribution in [3.63, 3.8) is 0 Å². The van der Waals surface area contributed by atoms with Crippen molar-refractivity contribution in [1.29, 1.82) is 0 Å². The first kappa shape index (κ1) is 11.7. The highest BCUT2D eigenvalue weighted by atomic mass is 79.9. The number of hydrogen-bond donors (Lipinski definition) is 0. The Morgan fingerprint density at radius 2 is 2.29 bits per heavy atom. The molecule has 6 nitrogen and oxygen atoms in total. The first-order chi connectivity index (χ1) is 8.06. The van der Waals surface area contributed by atoms with E-state index in [9.17, 15) is 10.1 Å². The summed E-state index contributed by atoms with van der Waals surface area (Å²) < 4.78 is 1.86. The molecular weight excluding hydrogens is 288 g/mol. The topological polar surface area (TPSA) is 73.8 Å². The van der Waals surface area contributed by atoms with E-state index in [4.69, 9.17) is 0 Å². The molecule has 0 radical (unpaired) electrons. The SMILES string of the molecule is Cc1cccc(Cn2cc(Br)c([N+](=O)[O-])n2)n1. The maximum Gasteiger partial charge on any atom is 0.404 e. The molecule has 0 fully saturated rings. The average molecular weight is 297 g/mol. The molecule has 2 aromatic heterocycles. The Hall–Kier alpha value is -1.76. The largest absolute Gasteiger partial charge is 0.404 e. The average Bonchev–Trinajstić information content (AvgIpc) is 2.59. The van der Waals surface area contributed by atoms with Crippen LogP contribution in [0.5, 0.6) is 0 Å². The third-order valence-corrected chi connectivity index (χ3v) is 2.70. The molecule has 0 saturated heterocycles. The number of nitrogens with zero attached hydrogens (tertiary/aromatic N) is 4. The summed E-state index contributed by atoms with van der Waals surface area (Å²) in [6, 6.07) is 5.64. The normalized spacial score (nSPS) is 10.5. The Balaban J connectivity index is 2.25. The lowest BCUT2D eigenvalue weighted by molar-refractivity contribution is -0.390. The number of aromatic nitrogens is 3. The Morgan fingerprint density at radius 1 is 1.53 bits per heavy atom. The van der Waals surface area contributed by atoms with Crippen molar-refractivity contribution >= 4 is 21.7 Å². The Kier molecular flexibility index (Phi) is 3.19. The zero-order chi connectivity index (χ0) is 12.4. The van der Waals surface area contributed by atoms with Gasteiger partial charge in [0, 0.05) is 5.69 Å². The van der Waals surface area contributed by atoms with E-state index in [1.807, 2.05) is 25.1 Å². The van der Waals surface area contributed by atoms with Crippen LogP contribution < -0.4 is 0 Å². The minimum absolute atomic E-state index is 0.183. The highest BCUT2D eigenvalue weighted by Crippen LogP contribution is 2.22. The highest BCUT2D eigenvalue weighted by molar-refractivity contribution is 9.10. The number of rotatable bonds is 3. The van der Waals surface area contributed by atoms with Gasteiger partial charge in [-0.3, -0.25) is 4.98 Å². The van der Waals surface area contributed by atoms with Crippen LogP contribution in [0.15, 0.2) is 28.9 Å². The summed E-state index contributed by atoms with van der Waals surface area (Å²) >= 11 is 3.10. The van der Waals surface area contributed by atoms with Crippen LogP contribution in [0.4, 0.5) is 5.82 Å². The monoisotopic (exact) mass is 296 g/mol. The lowest BCUT2D eigenvalue weighted by Gasteiger charge is -1.98. The Labute approximate surface area is 106 Å². The standard InChI is InChI=1S/C10H9BrN4O2/c1-7-3-2-4-8(12-7)5-14-6-9(11)10(13-14)15(16)17/h2-4,6H,5H2,1H3. The Morgan fingerprint density at radius 3 is 2.88 bits per heavy atom. The number of nitro groups is 1. The molecule has 0 spiro atoms. The van der Waals surface area contributed by atoms with E-state index >= 15 is 0 Å². The molecule has 0 aliphatic carbocycles. The molecular formula is C10H9BrN4O2. The predicted molar refractivity (Wildman–Crippen MR) is 64.7 cm³/mol. The molecule has 0 N–H and O–H groups in total. The minimum atomic E-state index is -0.524. The van der Waals surface area contributed by atoms with Gasteiger partial charge in [0.15, 0.2) is 0 Å². The highest BCUT2D eigenvalue weighted by Gasteiger charge is 2.18. The van der Waals surface area contributed by atoms with E-state index in [-0.39, 0.29) is 5.82 Å². The molecule has 17 heavy (non-hydrogen) atoms. The van der Waals surface area contributed by atoms with Gasteiger partial charge in [-0.15, -0.1) is 0 Å². The predicted octanol–water partition coefficient (Wildman–Crippen LogP) is 2.31. The first-order valence-electron chi connectivity index (χ1n) is 4.86. The second-order valence-corrected chi connectivity index (χ2v) is 4.38. The second-order valence-electron chi connectivity index (χ2n) is 3.53. The molecule has 88 valence electrons. The molecule has 0 unspecified atom stereocenters. The zero-order valence-corrected chi connectivity index (χ0v) is 10.6. The summed E-state index contributed by atoms with van der Waals surface area (Å²) in [5.74, 6) is -0.183. The van der Waals surface area contributed by atoms with Crippen LogP contribution >= 0.6 is 15.9 Å². The fourth-order valence-corrected chi connectivity index (χ4v) is 1.91. The van der Waals surface area contributed by atoms with Crippen LogP contribution in [0.2, 0.25) is 0 Å². The van der Waals surface area contributed by atoms with E-state index < -0.39 is 4.92 Å². The van der Waals surface area contributed by atoms with Crippen molar-refractivity contribution < 1.29 is 4.92 Å². The van der Waals surface area contributed by atoms with Crippen molar-refractivity contribution in [3.05, 3.63) is 50.4 Å². The summed E-state index contributed by atoms with van der Waals surface area (Å²) in [5, 5.41) is 14.5. The van der Waals surface area contributed by atoms with Crippen molar-refractivity contribution in [2.24, 2.45) is 0 Å². The van der Waals surface area contributed by atoms with Crippen LogP contribution in [-0.2, 0) is 6.54 Å². The van der Waals surface area contributed by atoms with Gasteiger partial charge in [0.25, 0.3) is 0 Å². The quantitative estimate of drug-likeness (QED) is 0.643. The van der Waals surface area contributed by atoms with Gasteiger partial charge in [-0.25, -0.2) is 0 Å². The first-order valence-corrected chi connectivity index (χ1v) is 5.65. The van der Waals surface area contributed by atoms with E-state index in [0.717, 1.165) is 11.4 Å². The van der Waals surface area contributed by atoms with E-state index in [1.54, 1.807) is 6.20 Å². The van der Waals surface area contributed by atoms with Crippen LogP contribution in [0.3, 0.4) is 0 Å². The summed E-state index contributed by atoms with van der Waals surface area (Å²) in [4.78, 5) is 14.4. The van der Waals surface area contributed by atoms with E-state index in [2.05, 4.69) is 26.0 Å². The van der Waals surface area contributed by atoms with Crippen LogP contribution in [0.25, 0.3) is 0 Å². The van der Waals surface area contributed by atoms with Gasteiger partial charge >= 0.3 is 5.82 Å². The van der Waals surface area contributed by atoms with Gasteiger partial charge in [-0.05, 0) is 39.9 Å². The van der Waals surface area contributed by atoms with Crippen molar-refractivity contribution in [2.45, 2.75) is 13.5 Å². The Bertz CT molecular complexity index is 567. The third kappa shape index (κ3) is 2.68. The molecule has 0 amide bonds. The molecule has 0 aliphatic heterocycles. The summed E-state index contributed by atoms with van der Waals surface area (Å²) in [6.45, 7) is 2.30. The molecule has 0 aliphatic rings. The lowest BCUT2D eigenvalue weighted by Crippen LogP contribution is -2.03. The van der Waals surface area contributed by atoms with Gasteiger partial charge < -0.3 is 10.1 Å². The van der Waals surface area contributed by atoms with Gasteiger partial charge in [0.1, 0.15) is 11.0 Å². The molecule has 0 aromatic carbocycles. The number of halogens is 1. The maximum absolute atomic E-state index is 10.6. The number of aryl methyl sites for hydroxylation is 1. The minimum Gasteiger partial charge on any atom is -0.358 e. The van der Waals surface area contributed by atoms with Gasteiger partial charge in [-0.1, -0.05) is 6.07 Å². The van der Waals surface area contributed by atoms with Crippen LogP contribution in [0, 0.1) is 17.0 Å². The fraction of sp³-hybridized carbons (Fsp3) is 0.200. The van der Waals surface area contributed by atoms with E-state index in [0.29, 0.717) is 11.0 Å². The van der Waals surface area contributed by atoms with Gasteiger partial charge in [-0.2, -0.15) is 4.68 Å². The van der Waals surface area contributed by atoms with Crippen molar-refractivity contribution in [3.8, 4) is 0 Å². The summed E-state index contributed by atoms with van der Waals surface area (Å²) in [5.41, 5.74) is 1.72. The third-order valence-electron chi connectivity index (χ3n) is 2.14. The molecule has 7 heteroatoms. The smallest absolute Gasteiger partial charge is 0.358 e.